The minimum absolute atomic E-state index is 0.0990. The van der Waals surface area contributed by atoms with Gasteiger partial charge in [0.15, 0.2) is 0 Å². The van der Waals surface area contributed by atoms with Crippen molar-refractivity contribution in [2.45, 2.75) is 0 Å². The van der Waals surface area contributed by atoms with Crippen molar-refractivity contribution in [3.63, 3.8) is 0 Å². The molecule has 0 atom stereocenters. The van der Waals surface area contributed by atoms with Crippen LogP contribution >= 0.6 is 0 Å². The molecule has 0 unspecified atom stereocenters. The van der Waals surface area contributed by atoms with E-state index in [0.29, 0.717) is 6.67 Å². The molecule has 0 amide bonds. The number of benzene rings is 5. The van der Waals surface area contributed by atoms with E-state index in [2.05, 4.69) is 118 Å². The fraction of sp³-hybridized carbons (Fsp3) is 0.0526. The van der Waals surface area contributed by atoms with Gasteiger partial charge in [-0.15, -0.1) is 0 Å². The Balaban J connectivity index is 1.32. The van der Waals surface area contributed by atoms with E-state index in [1.54, 1.807) is 0 Å². The Bertz CT molecular complexity index is 2410. The van der Waals surface area contributed by atoms with Crippen molar-refractivity contribution in [2.24, 2.45) is 5.10 Å². The third-order valence-electron chi connectivity index (χ3n) is 8.90. The number of anilines is 1. The molecule has 6 nitrogen and oxygen atoms in total. The van der Waals surface area contributed by atoms with Gasteiger partial charge < -0.3 is 9.32 Å². The zero-order chi connectivity index (χ0) is 29.9. The fourth-order valence-corrected chi connectivity index (χ4v) is 6.90. The highest BCUT2D eigenvalue weighted by atomic mass is 16.3. The number of para-hydroxylation sites is 3. The van der Waals surface area contributed by atoms with Crippen LogP contribution in [0.3, 0.4) is 0 Å². The SMILES string of the molecule is CN1C=NN(c2cccc(B(c3ccc4c5ccccc5n(-c5ccccn5)c4c3)c3cccc4c3oc3ccccc34)c2)C1. The summed E-state index contributed by atoms with van der Waals surface area (Å²) in [6, 6.07) is 45.1. The van der Waals surface area contributed by atoms with E-state index in [4.69, 9.17) is 9.40 Å². The summed E-state index contributed by atoms with van der Waals surface area (Å²) < 4.78 is 8.90. The van der Waals surface area contributed by atoms with Gasteiger partial charge >= 0.3 is 0 Å². The van der Waals surface area contributed by atoms with E-state index in [9.17, 15) is 0 Å². The van der Waals surface area contributed by atoms with Crippen LogP contribution < -0.4 is 21.4 Å². The van der Waals surface area contributed by atoms with E-state index >= 15 is 0 Å². The van der Waals surface area contributed by atoms with E-state index in [1.165, 1.54) is 21.7 Å². The monoisotopic (exact) mass is 581 g/mol. The molecule has 0 spiro atoms. The number of hydrogen-bond acceptors (Lipinski definition) is 5. The zero-order valence-electron chi connectivity index (χ0n) is 24.7. The maximum absolute atomic E-state index is 6.62. The molecule has 3 aromatic heterocycles. The summed E-state index contributed by atoms with van der Waals surface area (Å²) in [6.45, 7) is 0.613. The maximum Gasteiger partial charge on any atom is 0.246 e. The van der Waals surface area contributed by atoms with Gasteiger partial charge in [0.2, 0.25) is 6.71 Å². The molecular weight excluding hydrogens is 553 g/mol. The molecule has 9 rings (SSSR count). The molecule has 5 aromatic carbocycles. The maximum atomic E-state index is 6.62. The van der Waals surface area contributed by atoms with Crippen LogP contribution in [-0.2, 0) is 0 Å². The molecular formula is C38H28BN5O. The normalized spacial score (nSPS) is 13.2. The molecule has 0 saturated heterocycles. The second kappa shape index (κ2) is 10.1. The molecule has 0 aliphatic carbocycles. The number of hydrogen-bond donors (Lipinski definition) is 0. The van der Waals surface area contributed by atoms with Crippen LogP contribution in [0.15, 0.2) is 143 Å². The standard InChI is InChI=1S/C38H28BN5O/c1-42-24-41-43(25-42)28-11-8-10-26(22-28)39(33-15-9-14-32-31-13-3-5-17-36(31)45-38(32)33)27-19-20-30-29-12-2-4-16-34(29)44(35(30)23-27)37-18-6-7-21-40-37/h2-24H,25H2,1H3. The third kappa shape index (κ3) is 4.12. The summed E-state index contributed by atoms with van der Waals surface area (Å²) >= 11 is 0. The highest BCUT2D eigenvalue weighted by Crippen LogP contribution is 2.32. The lowest BCUT2D eigenvalue weighted by molar-refractivity contribution is 0.549. The first kappa shape index (κ1) is 25.7. The quantitative estimate of drug-likeness (QED) is 0.226. The molecule has 214 valence electrons. The molecule has 0 bridgehead atoms. The van der Waals surface area contributed by atoms with Crippen LogP contribution in [0.2, 0.25) is 0 Å². The average molecular weight is 581 g/mol. The number of pyridine rings is 1. The van der Waals surface area contributed by atoms with E-state index < -0.39 is 0 Å². The molecule has 1 aliphatic heterocycles. The van der Waals surface area contributed by atoms with Crippen molar-refractivity contribution in [3.05, 3.63) is 134 Å². The van der Waals surface area contributed by atoms with Gasteiger partial charge in [-0.2, -0.15) is 5.10 Å². The number of nitrogens with zero attached hydrogens (tertiary/aromatic N) is 5. The highest BCUT2D eigenvalue weighted by molar-refractivity contribution is 6.97. The Morgan fingerprint density at radius 3 is 2.31 bits per heavy atom. The van der Waals surface area contributed by atoms with Crippen LogP contribution in [0.4, 0.5) is 5.69 Å². The lowest BCUT2D eigenvalue weighted by Crippen LogP contribution is -2.52. The van der Waals surface area contributed by atoms with Gasteiger partial charge in [-0.3, -0.25) is 4.57 Å². The summed E-state index contributed by atoms with van der Waals surface area (Å²) in [5, 5.41) is 11.3. The van der Waals surface area contributed by atoms with Crippen molar-refractivity contribution in [3.8, 4) is 5.82 Å². The van der Waals surface area contributed by atoms with Gasteiger partial charge in [0.05, 0.1) is 16.7 Å². The second-order valence-electron chi connectivity index (χ2n) is 11.7. The topological polar surface area (TPSA) is 49.8 Å². The van der Waals surface area contributed by atoms with Crippen molar-refractivity contribution in [1.82, 2.24) is 14.5 Å². The lowest BCUT2D eigenvalue weighted by Gasteiger charge is -2.20. The lowest BCUT2D eigenvalue weighted by atomic mass is 9.36. The minimum Gasteiger partial charge on any atom is -0.457 e. The van der Waals surface area contributed by atoms with Crippen LogP contribution in [0, 0.1) is 0 Å². The van der Waals surface area contributed by atoms with Crippen LogP contribution in [-0.4, -0.2) is 41.2 Å². The Morgan fingerprint density at radius 1 is 0.667 bits per heavy atom. The molecule has 0 radical (unpaired) electrons. The summed E-state index contributed by atoms with van der Waals surface area (Å²) in [7, 11) is 2.04. The Labute approximate surface area is 260 Å². The second-order valence-corrected chi connectivity index (χ2v) is 11.7. The van der Waals surface area contributed by atoms with Gasteiger partial charge in [-0.1, -0.05) is 95.9 Å². The number of rotatable bonds is 5. The first-order valence-electron chi connectivity index (χ1n) is 15.2. The molecule has 1 aliphatic rings. The predicted octanol–water partition coefficient (Wildman–Crippen LogP) is 6.25. The predicted molar refractivity (Wildman–Crippen MR) is 187 cm³/mol. The molecule has 0 saturated carbocycles. The smallest absolute Gasteiger partial charge is 0.246 e. The van der Waals surface area contributed by atoms with Crippen LogP contribution in [0.1, 0.15) is 0 Å². The van der Waals surface area contributed by atoms with Crippen LogP contribution in [0.5, 0.6) is 0 Å². The van der Waals surface area contributed by atoms with Crippen molar-refractivity contribution in [2.75, 3.05) is 18.7 Å². The summed E-state index contributed by atoms with van der Waals surface area (Å²) in [5.41, 5.74) is 8.60. The number of fused-ring (bicyclic) bond motifs is 6. The molecule has 4 heterocycles. The molecule has 7 heteroatoms. The zero-order valence-corrected chi connectivity index (χ0v) is 24.7. The summed E-state index contributed by atoms with van der Waals surface area (Å²) in [4.78, 5) is 6.84. The summed E-state index contributed by atoms with van der Waals surface area (Å²) in [5.74, 6) is 0.898. The first-order valence-corrected chi connectivity index (χ1v) is 15.2. The van der Waals surface area contributed by atoms with Gasteiger partial charge in [0.1, 0.15) is 30.0 Å². The largest absolute Gasteiger partial charge is 0.457 e. The molecule has 45 heavy (non-hydrogen) atoms. The number of hydrazone groups is 1. The van der Waals surface area contributed by atoms with Gasteiger partial charge in [0.25, 0.3) is 0 Å². The summed E-state index contributed by atoms with van der Waals surface area (Å²) in [6.07, 6.45) is 3.72. The molecule has 0 fully saturated rings. The van der Waals surface area contributed by atoms with Gasteiger partial charge in [0, 0.05) is 34.8 Å². The van der Waals surface area contributed by atoms with Crippen molar-refractivity contribution >= 4 is 78.9 Å². The van der Waals surface area contributed by atoms with E-state index in [0.717, 1.165) is 49.9 Å². The molecule has 8 aromatic rings. The van der Waals surface area contributed by atoms with Gasteiger partial charge in [-0.05, 0) is 47.9 Å². The van der Waals surface area contributed by atoms with Gasteiger partial charge in [-0.25, -0.2) is 9.99 Å². The number of aromatic nitrogens is 2. The Kier molecular flexibility index (Phi) is 5.78. The average Bonchev–Trinajstić information content (AvgIpc) is 3.79. The van der Waals surface area contributed by atoms with Crippen molar-refractivity contribution < 1.29 is 4.42 Å². The van der Waals surface area contributed by atoms with E-state index in [1.807, 2.05) is 48.9 Å². The fourth-order valence-electron chi connectivity index (χ4n) is 6.90. The Hall–Kier alpha value is -5.82. The third-order valence-corrected chi connectivity index (χ3v) is 8.90. The first-order chi connectivity index (χ1) is 22.2. The minimum atomic E-state index is -0.0990. The van der Waals surface area contributed by atoms with Crippen molar-refractivity contribution in [1.29, 1.82) is 0 Å². The van der Waals surface area contributed by atoms with Crippen LogP contribution in [0.25, 0.3) is 49.6 Å². The number of furan rings is 1. The van der Waals surface area contributed by atoms with E-state index in [-0.39, 0.29) is 6.71 Å². The Morgan fingerprint density at radius 2 is 1.44 bits per heavy atom. The highest BCUT2D eigenvalue weighted by Gasteiger charge is 2.28. The molecule has 0 N–H and O–H groups in total.